The molecule has 20 heavy (non-hydrogen) atoms. The van der Waals surface area contributed by atoms with E-state index >= 15 is 0 Å². The van der Waals surface area contributed by atoms with Gasteiger partial charge in [0.05, 0.1) is 11.7 Å². The molecule has 110 valence electrons. The number of aromatic nitrogens is 2. The number of aryl methyl sites for hydroxylation is 2. The smallest absolute Gasteiger partial charge is 0.318 e. The van der Waals surface area contributed by atoms with Crippen molar-refractivity contribution in [2.24, 2.45) is 5.92 Å². The Hall–Kier alpha value is -1.78. The highest BCUT2D eigenvalue weighted by Crippen LogP contribution is 2.17. The number of carbonyl (C=O) groups excluding carboxylic acids is 1. The number of carbonyl (C=O) groups is 1. The zero-order chi connectivity index (χ0) is 14.7. The Labute approximate surface area is 120 Å². The standard InChI is InChI=1S/C15H24N4O/c1-10(2)14-6-5-9-19(14)15(20)16-8-7-13-11(3)17-18-12(13)4/h5-6,10,14H,7-9H2,1-4H3,(H,16,20)(H,17,18). The van der Waals surface area contributed by atoms with Crippen LogP contribution < -0.4 is 5.32 Å². The fraction of sp³-hybridized carbons (Fsp3) is 0.600. The number of nitrogens with zero attached hydrogens (tertiary/aromatic N) is 2. The van der Waals surface area contributed by atoms with Gasteiger partial charge in [0.2, 0.25) is 0 Å². The second-order valence-corrected chi connectivity index (χ2v) is 5.71. The van der Waals surface area contributed by atoms with Crippen molar-refractivity contribution in [1.82, 2.24) is 20.4 Å². The third-order valence-electron chi connectivity index (χ3n) is 3.87. The van der Waals surface area contributed by atoms with Crippen LogP contribution in [0.1, 0.15) is 30.8 Å². The van der Waals surface area contributed by atoms with Crippen LogP contribution in [0.3, 0.4) is 0 Å². The van der Waals surface area contributed by atoms with Gasteiger partial charge in [-0.2, -0.15) is 5.10 Å². The van der Waals surface area contributed by atoms with Crippen molar-refractivity contribution in [1.29, 1.82) is 0 Å². The second kappa shape index (κ2) is 6.11. The number of urea groups is 1. The van der Waals surface area contributed by atoms with Gasteiger partial charge < -0.3 is 10.2 Å². The van der Waals surface area contributed by atoms with Crippen molar-refractivity contribution in [2.75, 3.05) is 13.1 Å². The van der Waals surface area contributed by atoms with Crippen molar-refractivity contribution in [3.05, 3.63) is 29.1 Å². The fourth-order valence-corrected chi connectivity index (χ4v) is 2.68. The van der Waals surface area contributed by atoms with Crippen LogP contribution in [0.25, 0.3) is 0 Å². The van der Waals surface area contributed by atoms with E-state index < -0.39 is 0 Å². The summed E-state index contributed by atoms with van der Waals surface area (Å²) in [6, 6.07) is 0.236. The summed E-state index contributed by atoms with van der Waals surface area (Å²) in [5.41, 5.74) is 3.30. The fourth-order valence-electron chi connectivity index (χ4n) is 2.68. The Morgan fingerprint density at radius 2 is 2.30 bits per heavy atom. The normalized spacial score (nSPS) is 18.1. The van der Waals surface area contributed by atoms with Crippen LogP contribution in [-0.4, -0.2) is 40.3 Å². The van der Waals surface area contributed by atoms with Crippen molar-refractivity contribution >= 4 is 6.03 Å². The Morgan fingerprint density at radius 1 is 1.55 bits per heavy atom. The van der Waals surface area contributed by atoms with E-state index in [0.717, 1.165) is 17.8 Å². The number of rotatable bonds is 4. The highest BCUT2D eigenvalue weighted by Gasteiger charge is 2.26. The van der Waals surface area contributed by atoms with Crippen LogP contribution in [0.15, 0.2) is 12.2 Å². The highest BCUT2D eigenvalue weighted by molar-refractivity contribution is 5.75. The molecule has 5 nitrogen and oxygen atoms in total. The van der Waals surface area contributed by atoms with E-state index in [1.54, 1.807) is 0 Å². The van der Waals surface area contributed by atoms with E-state index in [1.165, 1.54) is 5.56 Å². The SMILES string of the molecule is Cc1n[nH]c(C)c1CCNC(=O)N1CC=CC1C(C)C. The van der Waals surface area contributed by atoms with Crippen LogP contribution >= 0.6 is 0 Å². The molecule has 2 N–H and O–H groups in total. The monoisotopic (exact) mass is 276 g/mol. The van der Waals surface area contributed by atoms with Gasteiger partial charge in [-0.05, 0) is 31.7 Å². The van der Waals surface area contributed by atoms with Gasteiger partial charge in [0.25, 0.3) is 0 Å². The molecule has 5 heteroatoms. The molecule has 0 bridgehead atoms. The summed E-state index contributed by atoms with van der Waals surface area (Å²) in [7, 11) is 0. The molecule has 0 fully saturated rings. The average molecular weight is 276 g/mol. The lowest BCUT2D eigenvalue weighted by atomic mass is 10.1. The van der Waals surface area contributed by atoms with Gasteiger partial charge in [-0.15, -0.1) is 0 Å². The summed E-state index contributed by atoms with van der Waals surface area (Å²) in [5, 5.41) is 10.1. The first-order valence-corrected chi connectivity index (χ1v) is 7.22. The predicted octanol–water partition coefficient (Wildman–Crippen LogP) is 2.18. The lowest BCUT2D eigenvalue weighted by molar-refractivity contribution is 0.186. The molecule has 0 radical (unpaired) electrons. The van der Waals surface area contributed by atoms with E-state index in [1.807, 2.05) is 18.7 Å². The van der Waals surface area contributed by atoms with Gasteiger partial charge in [0.15, 0.2) is 0 Å². The summed E-state index contributed by atoms with van der Waals surface area (Å²) in [4.78, 5) is 14.1. The summed E-state index contributed by atoms with van der Waals surface area (Å²) >= 11 is 0. The molecule has 0 aliphatic carbocycles. The lowest BCUT2D eigenvalue weighted by Gasteiger charge is -2.27. The number of hydrogen-bond donors (Lipinski definition) is 2. The number of aromatic amines is 1. The molecule has 1 atom stereocenters. The maximum atomic E-state index is 12.2. The van der Waals surface area contributed by atoms with E-state index in [-0.39, 0.29) is 12.1 Å². The molecule has 1 aromatic rings. The minimum absolute atomic E-state index is 0.0208. The molecule has 1 aromatic heterocycles. The second-order valence-electron chi connectivity index (χ2n) is 5.71. The van der Waals surface area contributed by atoms with Crippen molar-refractivity contribution in [3.63, 3.8) is 0 Å². The summed E-state index contributed by atoms with van der Waals surface area (Å²) in [6.45, 7) is 9.62. The molecule has 0 aromatic carbocycles. The van der Waals surface area contributed by atoms with Crippen molar-refractivity contribution < 1.29 is 4.79 Å². The van der Waals surface area contributed by atoms with Crippen LogP contribution in [0.4, 0.5) is 4.79 Å². The largest absolute Gasteiger partial charge is 0.338 e. The molecule has 0 saturated carbocycles. The third kappa shape index (κ3) is 3.03. The summed E-state index contributed by atoms with van der Waals surface area (Å²) in [5.74, 6) is 0.442. The van der Waals surface area contributed by atoms with Crippen LogP contribution in [0, 0.1) is 19.8 Å². The van der Waals surface area contributed by atoms with Gasteiger partial charge in [-0.25, -0.2) is 4.79 Å². The van der Waals surface area contributed by atoms with Gasteiger partial charge >= 0.3 is 6.03 Å². The average Bonchev–Trinajstić information content (AvgIpc) is 2.99. The molecular weight excluding hydrogens is 252 g/mol. The lowest BCUT2D eigenvalue weighted by Crippen LogP contribution is -2.45. The Bertz CT molecular complexity index is 484. The molecule has 1 unspecified atom stereocenters. The van der Waals surface area contributed by atoms with E-state index in [9.17, 15) is 4.79 Å². The first-order chi connectivity index (χ1) is 9.50. The van der Waals surface area contributed by atoms with Gasteiger partial charge in [0.1, 0.15) is 0 Å². The first kappa shape index (κ1) is 14.6. The number of amides is 2. The Balaban J connectivity index is 1.84. The highest BCUT2D eigenvalue weighted by atomic mass is 16.2. The van der Waals surface area contributed by atoms with Crippen molar-refractivity contribution in [3.8, 4) is 0 Å². The molecule has 2 heterocycles. The maximum absolute atomic E-state index is 12.2. The minimum atomic E-state index is 0.0208. The number of nitrogens with one attached hydrogen (secondary N) is 2. The van der Waals surface area contributed by atoms with E-state index in [2.05, 4.69) is 41.5 Å². The van der Waals surface area contributed by atoms with Gasteiger partial charge in [0, 0.05) is 18.8 Å². The molecule has 2 rings (SSSR count). The van der Waals surface area contributed by atoms with Crippen LogP contribution in [0.5, 0.6) is 0 Å². The van der Waals surface area contributed by atoms with Gasteiger partial charge in [-0.1, -0.05) is 26.0 Å². The first-order valence-electron chi connectivity index (χ1n) is 7.22. The van der Waals surface area contributed by atoms with Gasteiger partial charge in [-0.3, -0.25) is 5.10 Å². The predicted molar refractivity (Wildman–Crippen MR) is 79.6 cm³/mol. The quantitative estimate of drug-likeness (QED) is 0.828. The molecule has 1 aliphatic rings. The molecule has 0 saturated heterocycles. The summed E-state index contributed by atoms with van der Waals surface area (Å²) in [6.07, 6.45) is 5.00. The third-order valence-corrected chi connectivity index (χ3v) is 3.87. The van der Waals surface area contributed by atoms with Crippen LogP contribution in [0.2, 0.25) is 0 Å². The zero-order valence-electron chi connectivity index (χ0n) is 12.7. The van der Waals surface area contributed by atoms with E-state index in [4.69, 9.17) is 0 Å². The minimum Gasteiger partial charge on any atom is -0.338 e. The zero-order valence-corrected chi connectivity index (χ0v) is 12.7. The Kier molecular flexibility index (Phi) is 4.47. The molecule has 1 aliphatic heterocycles. The van der Waals surface area contributed by atoms with E-state index in [0.29, 0.717) is 19.0 Å². The van der Waals surface area contributed by atoms with Crippen molar-refractivity contribution in [2.45, 2.75) is 40.2 Å². The summed E-state index contributed by atoms with van der Waals surface area (Å²) < 4.78 is 0. The number of hydrogen-bond acceptors (Lipinski definition) is 2. The topological polar surface area (TPSA) is 61.0 Å². The number of H-pyrrole nitrogens is 1. The Morgan fingerprint density at radius 3 is 2.90 bits per heavy atom. The molecule has 0 spiro atoms. The van der Waals surface area contributed by atoms with Crippen LogP contribution in [-0.2, 0) is 6.42 Å². The molecule has 2 amide bonds. The maximum Gasteiger partial charge on any atom is 0.318 e. The molecular formula is C15H24N4O.